The van der Waals surface area contributed by atoms with Crippen molar-refractivity contribution in [1.82, 2.24) is 0 Å². The zero-order valence-corrected chi connectivity index (χ0v) is 38.6. The topological polar surface area (TPSA) is 78.9 Å². The molecule has 0 rings (SSSR count). The molecule has 0 amide bonds. The lowest BCUT2D eigenvalue weighted by molar-refractivity contribution is -0.167. The number of unbranched alkanes of at least 4 members (excludes halogenated alkanes) is 28. The van der Waals surface area contributed by atoms with Gasteiger partial charge in [0.05, 0.1) is 0 Å². The molecule has 0 aliphatic carbocycles. The third-order valence-corrected chi connectivity index (χ3v) is 10.8. The Labute approximate surface area is 359 Å². The number of carbonyl (C=O) groups is 3. The first kappa shape index (κ1) is 55.6. The van der Waals surface area contributed by atoms with Crippen LogP contribution in [0, 0.1) is 0 Å². The zero-order valence-electron chi connectivity index (χ0n) is 38.6. The summed E-state index contributed by atoms with van der Waals surface area (Å²) < 4.78 is 16.7. The molecule has 6 heteroatoms. The second-order valence-corrected chi connectivity index (χ2v) is 16.7. The summed E-state index contributed by atoms with van der Waals surface area (Å²) in [4.78, 5) is 37.9. The van der Waals surface area contributed by atoms with Crippen LogP contribution >= 0.6 is 0 Å². The SMILES string of the molecule is CCCC/C=C\CCCCCCCC(=O)OC[C@H](COC(=O)CCCCCCC/C=C\CCCCCCCC)OC(=O)CCCCCCC/C=C\CCCCCCC. The van der Waals surface area contributed by atoms with Crippen molar-refractivity contribution in [1.29, 1.82) is 0 Å². The fourth-order valence-corrected chi connectivity index (χ4v) is 7.00. The van der Waals surface area contributed by atoms with E-state index < -0.39 is 6.10 Å². The molecule has 0 bridgehead atoms. The van der Waals surface area contributed by atoms with Crippen LogP contribution < -0.4 is 0 Å². The van der Waals surface area contributed by atoms with E-state index in [1.165, 1.54) is 135 Å². The van der Waals surface area contributed by atoms with E-state index in [2.05, 4.69) is 57.2 Å². The Hall–Kier alpha value is -2.37. The molecule has 0 unspecified atom stereocenters. The lowest BCUT2D eigenvalue weighted by atomic mass is 10.1. The van der Waals surface area contributed by atoms with E-state index in [-0.39, 0.29) is 31.1 Å². The van der Waals surface area contributed by atoms with Crippen LogP contribution in [0.5, 0.6) is 0 Å². The standard InChI is InChI=1S/C52H94O6/c1-4-7-10-13-16-19-22-24-26-28-30-33-36-39-42-45-51(54)57-48-49(47-56-50(53)44-41-38-35-32-29-21-18-15-12-9-6-3)58-52(55)46-43-40-37-34-31-27-25-23-20-17-14-11-8-5-2/h15,18,23-26,49H,4-14,16-17,19-22,27-48H2,1-3H3/b18-15-,25-23-,26-24-/t49-/m1/s1. The first-order valence-corrected chi connectivity index (χ1v) is 25.0. The van der Waals surface area contributed by atoms with E-state index in [0.717, 1.165) is 83.5 Å². The van der Waals surface area contributed by atoms with Crippen molar-refractivity contribution in [3.8, 4) is 0 Å². The molecule has 1 atom stereocenters. The summed E-state index contributed by atoms with van der Waals surface area (Å²) >= 11 is 0. The Morgan fingerprint density at radius 2 is 0.586 bits per heavy atom. The lowest BCUT2D eigenvalue weighted by Gasteiger charge is -2.18. The smallest absolute Gasteiger partial charge is 0.306 e. The first-order valence-electron chi connectivity index (χ1n) is 25.0. The quantitative estimate of drug-likeness (QED) is 0.0264. The maximum atomic E-state index is 12.8. The van der Waals surface area contributed by atoms with Gasteiger partial charge in [0.1, 0.15) is 13.2 Å². The minimum Gasteiger partial charge on any atom is -0.462 e. The molecule has 0 saturated heterocycles. The van der Waals surface area contributed by atoms with Crippen LogP contribution in [0.4, 0.5) is 0 Å². The number of ether oxygens (including phenoxy) is 3. The number of hydrogen-bond donors (Lipinski definition) is 0. The summed E-state index contributed by atoms with van der Waals surface area (Å²) in [7, 11) is 0. The normalized spacial score (nSPS) is 12.3. The third-order valence-electron chi connectivity index (χ3n) is 10.8. The molecule has 338 valence electrons. The third kappa shape index (κ3) is 44.7. The molecule has 0 aliphatic rings. The van der Waals surface area contributed by atoms with Gasteiger partial charge in [-0.1, -0.05) is 186 Å². The molecular formula is C52H94O6. The molecule has 0 spiro atoms. The van der Waals surface area contributed by atoms with Gasteiger partial charge in [0.15, 0.2) is 6.10 Å². The molecule has 0 aromatic rings. The van der Waals surface area contributed by atoms with Gasteiger partial charge in [0.2, 0.25) is 0 Å². The van der Waals surface area contributed by atoms with Gasteiger partial charge >= 0.3 is 17.9 Å². The van der Waals surface area contributed by atoms with Crippen LogP contribution in [0.1, 0.15) is 258 Å². The summed E-state index contributed by atoms with van der Waals surface area (Å²) in [5, 5.41) is 0. The Morgan fingerprint density at radius 3 is 0.914 bits per heavy atom. The number of carbonyl (C=O) groups excluding carboxylic acids is 3. The Kier molecular flexibility index (Phi) is 45.4. The van der Waals surface area contributed by atoms with E-state index in [1.54, 1.807) is 0 Å². The zero-order chi connectivity index (χ0) is 42.3. The molecular weight excluding hydrogens is 721 g/mol. The highest BCUT2D eigenvalue weighted by atomic mass is 16.6. The number of hydrogen-bond acceptors (Lipinski definition) is 6. The highest BCUT2D eigenvalue weighted by Gasteiger charge is 2.19. The molecule has 58 heavy (non-hydrogen) atoms. The molecule has 0 fully saturated rings. The molecule has 0 saturated carbocycles. The maximum Gasteiger partial charge on any atom is 0.306 e. The molecule has 0 N–H and O–H groups in total. The molecule has 0 radical (unpaired) electrons. The van der Waals surface area contributed by atoms with E-state index in [1.807, 2.05) is 0 Å². The Bertz CT molecular complexity index is 984. The van der Waals surface area contributed by atoms with Gasteiger partial charge in [0.25, 0.3) is 0 Å². The van der Waals surface area contributed by atoms with Gasteiger partial charge in [-0.15, -0.1) is 0 Å². The molecule has 0 aromatic carbocycles. The van der Waals surface area contributed by atoms with Crippen LogP contribution in [0.15, 0.2) is 36.5 Å². The number of allylic oxidation sites excluding steroid dienone is 6. The minimum atomic E-state index is -0.779. The summed E-state index contributed by atoms with van der Waals surface area (Å²) in [5.74, 6) is -0.902. The van der Waals surface area contributed by atoms with Crippen LogP contribution in [-0.2, 0) is 28.6 Å². The summed E-state index contributed by atoms with van der Waals surface area (Å²) in [6.45, 7) is 6.57. The predicted molar refractivity (Wildman–Crippen MR) is 247 cm³/mol. The second-order valence-electron chi connectivity index (χ2n) is 16.7. The number of rotatable bonds is 45. The van der Waals surface area contributed by atoms with Crippen LogP contribution in [0.3, 0.4) is 0 Å². The molecule has 0 aromatic heterocycles. The van der Waals surface area contributed by atoms with Gasteiger partial charge in [-0.2, -0.15) is 0 Å². The summed E-state index contributed by atoms with van der Waals surface area (Å²) in [6.07, 6.45) is 54.1. The van der Waals surface area contributed by atoms with Crippen molar-refractivity contribution in [3.05, 3.63) is 36.5 Å². The summed E-state index contributed by atoms with van der Waals surface area (Å²) in [6, 6.07) is 0. The van der Waals surface area contributed by atoms with Crippen molar-refractivity contribution in [3.63, 3.8) is 0 Å². The molecule has 6 nitrogen and oxygen atoms in total. The van der Waals surface area contributed by atoms with Crippen molar-refractivity contribution in [2.75, 3.05) is 13.2 Å². The van der Waals surface area contributed by atoms with E-state index in [9.17, 15) is 14.4 Å². The van der Waals surface area contributed by atoms with E-state index in [0.29, 0.717) is 19.3 Å². The van der Waals surface area contributed by atoms with Gasteiger partial charge in [-0.3, -0.25) is 14.4 Å². The van der Waals surface area contributed by atoms with Gasteiger partial charge in [-0.05, 0) is 89.9 Å². The van der Waals surface area contributed by atoms with Crippen LogP contribution in [0.25, 0.3) is 0 Å². The highest BCUT2D eigenvalue weighted by molar-refractivity contribution is 5.71. The summed E-state index contributed by atoms with van der Waals surface area (Å²) in [5.41, 5.74) is 0. The Balaban J connectivity index is 4.38. The largest absolute Gasteiger partial charge is 0.462 e. The monoisotopic (exact) mass is 815 g/mol. The van der Waals surface area contributed by atoms with Gasteiger partial charge in [0, 0.05) is 19.3 Å². The second kappa shape index (κ2) is 47.3. The van der Waals surface area contributed by atoms with Crippen LogP contribution in [-0.4, -0.2) is 37.2 Å². The molecule has 0 aliphatic heterocycles. The maximum absolute atomic E-state index is 12.8. The first-order chi connectivity index (χ1) is 28.5. The average Bonchev–Trinajstić information content (AvgIpc) is 3.22. The Morgan fingerprint density at radius 1 is 0.328 bits per heavy atom. The average molecular weight is 815 g/mol. The van der Waals surface area contributed by atoms with Crippen LogP contribution in [0.2, 0.25) is 0 Å². The predicted octanol–water partition coefficient (Wildman–Crippen LogP) is 16.1. The fourth-order valence-electron chi connectivity index (χ4n) is 7.00. The van der Waals surface area contributed by atoms with E-state index in [4.69, 9.17) is 14.2 Å². The number of esters is 3. The highest BCUT2D eigenvalue weighted by Crippen LogP contribution is 2.14. The minimum absolute atomic E-state index is 0.0813. The van der Waals surface area contributed by atoms with E-state index >= 15 is 0 Å². The van der Waals surface area contributed by atoms with Crippen molar-refractivity contribution >= 4 is 17.9 Å². The van der Waals surface area contributed by atoms with Crippen molar-refractivity contribution < 1.29 is 28.6 Å². The van der Waals surface area contributed by atoms with Crippen molar-refractivity contribution in [2.24, 2.45) is 0 Å². The molecule has 0 heterocycles. The lowest BCUT2D eigenvalue weighted by Crippen LogP contribution is -2.30. The van der Waals surface area contributed by atoms with Crippen molar-refractivity contribution in [2.45, 2.75) is 264 Å². The van der Waals surface area contributed by atoms with Gasteiger partial charge in [-0.25, -0.2) is 0 Å². The van der Waals surface area contributed by atoms with Gasteiger partial charge < -0.3 is 14.2 Å². The fraction of sp³-hybridized carbons (Fsp3) is 0.827.